The summed E-state index contributed by atoms with van der Waals surface area (Å²) in [5.74, 6) is 2.33. The first-order chi connectivity index (χ1) is 18.1. The van der Waals surface area contributed by atoms with E-state index in [0.29, 0.717) is 11.6 Å². The van der Waals surface area contributed by atoms with Crippen LogP contribution in [0.15, 0.2) is 65.5 Å². The predicted molar refractivity (Wildman–Crippen MR) is 144 cm³/mol. The molecule has 8 nitrogen and oxygen atoms in total. The van der Waals surface area contributed by atoms with Crippen molar-refractivity contribution in [2.45, 2.75) is 17.8 Å². The van der Waals surface area contributed by atoms with Gasteiger partial charge in [-0.05, 0) is 66.1 Å². The maximum atomic E-state index is 13.0. The third-order valence-corrected chi connectivity index (χ3v) is 8.08. The molecule has 0 unspecified atom stereocenters. The Bertz CT molecular complexity index is 1680. The molecular formula is C28H23N5O3S. The summed E-state index contributed by atoms with van der Waals surface area (Å²) < 4.78 is 11.0. The van der Waals surface area contributed by atoms with Gasteiger partial charge in [-0.1, -0.05) is 6.07 Å². The molecule has 2 aromatic heterocycles. The molecule has 3 aromatic carbocycles. The van der Waals surface area contributed by atoms with Crippen LogP contribution in [0.2, 0.25) is 0 Å². The lowest BCUT2D eigenvalue weighted by atomic mass is 9.91. The summed E-state index contributed by atoms with van der Waals surface area (Å²) in [4.78, 5) is 17.5. The lowest BCUT2D eigenvalue weighted by Crippen LogP contribution is -2.21. The number of aromatic amines is 1. The molecule has 1 fully saturated rings. The molecule has 1 saturated carbocycles. The highest BCUT2D eigenvalue weighted by Crippen LogP contribution is 2.65. The molecule has 37 heavy (non-hydrogen) atoms. The van der Waals surface area contributed by atoms with E-state index in [1.807, 2.05) is 47.3 Å². The standard InChI is InChI=1S/C28H23N5O3S/c1-35-17-5-7-21-19(11-17)28(27(34)31-21)12-20(28)15-3-6-18-22(9-15)32-33-26(18)30-23-10-16(4-8-25(23)36-2)24-13-37-14-29-24/h3-11,13-14,20H,12H2,1-2H3,(H,31,34)(H2,30,32,33)/t20-,28-/m0/s1. The Morgan fingerprint density at radius 3 is 2.81 bits per heavy atom. The fourth-order valence-electron chi connectivity index (χ4n) is 5.50. The largest absolute Gasteiger partial charge is 0.497 e. The van der Waals surface area contributed by atoms with E-state index in [1.54, 1.807) is 25.6 Å². The smallest absolute Gasteiger partial charge is 0.235 e. The summed E-state index contributed by atoms with van der Waals surface area (Å²) in [5.41, 5.74) is 7.90. The minimum atomic E-state index is -0.540. The molecule has 1 amide bonds. The number of methoxy groups -OCH3 is 2. The minimum Gasteiger partial charge on any atom is -0.497 e. The van der Waals surface area contributed by atoms with Crippen molar-refractivity contribution in [2.24, 2.45) is 0 Å². The van der Waals surface area contributed by atoms with Gasteiger partial charge in [0, 0.05) is 27.9 Å². The fourth-order valence-corrected chi connectivity index (χ4v) is 6.06. The van der Waals surface area contributed by atoms with Crippen molar-refractivity contribution in [3.63, 3.8) is 0 Å². The Morgan fingerprint density at radius 2 is 2.00 bits per heavy atom. The Labute approximate surface area is 216 Å². The molecule has 9 heteroatoms. The topological polar surface area (TPSA) is 101 Å². The van der Waals surface area contributed by atoms with Crippen LogP contribution in [0, 0.1) is 0 Å². The SMILES string of the molecule is COc1ccc2c(c1)[C@]1(C[C@H]1c1ccc3c(Nc4cc(-c5cscn5)ccc4OC)n[nH]c3c1)C(=O)N2. The van der Waals surface area contributed by atoms with Crippen molar-refractivity contribution in [2.75, 3.05) is 24.9 Å². The van der Waals surface area contributed by atoms with Gasteiger partial charge in [0.2, 0.25) is 5.91 Å². The maximum Gasteiger partial charge on any atom is 0.235 e. The number of carbonyl (C=O) groups is 1. The molecule has 3 heterocycles. The van der Waals surface area contributed by atoms with Gasteiger partial charge in [-0.15, -0.1) is 11.3 Å². The van der Waals surface area contributed by atoms with Gasteiger partial charge in [0.25, 0.3) is 0 Å². The number of hydrogen-bond donors (Lipinski definition) is 3. The van der Waals surface area contributed by atoms with Crippen molar-refractivity contribution >= 4 is 45.3 Å². The van der Waals surface area contributed by atoms with Crippen LogP contribution >= 0.6 is 11.3 Å². The number of nitrogens with zero attached hydrogens (tertiary/aromatic N) is 2. The lowest BCUT2D eigenvalue weighted by molar-refractivity contribution is -0.118. The Hall–Kier alpha value is -4.37. The molecule has 1 spiro atoms. The molecule has 1 aliphatic carbocycles. The highest BCUT2D eigenvalue weighted by molar-refractivity contribution is 7.07. The number of anilines is 3. The number of benzene rings is 3. The van der Waals surface area contributed by atoms with Crippen LogP contribution < -0.4 is 20.1 Å². The number of thiazole rings is 1. The fraction of sp³-hybridized carbons (Fsp3) is 0.179. The zero-order valence-corrected chi connectivity index (χ0v) is 21.0. The Balaban J connectivity index is 1.20. The van der Waals surface area contributed by atoms with E-state index in [0.717, 1.165) is 56.8 Å². The van der Waals surface area contributed by atoms with Crippen LogP contribution in [-0.4, -0.2) is 35.3 Å². The normalized spacial score (nSPS) is 19.6. The van der Waals surface area contributed by atoms with Crippen LogP contribution in [0.1, 0.15) is 23.5 Å². The molecule has 184 valence electrons. The summed E-state index contributed by atoms with van der Waals surface area (Å²) in [6.07, 6.45) is 0.768. The number of amides is 1. The summed E-state index contributed by atoms with van der Waals surface area (Å²) in [6.45, 7) is 0. The van der Waals surface area contributed by atoms with Crippen molar-refractivity contribution in [3.8, 4) is 22.8 Å². The van der Waals surface area contributed by atoms with Gasteiger partial charge in [0.05, 0.1) is 42.0 Å². The summed E-state index contributed by atoms with van der Waals surface area (Å²) >= 11 is 1.56. The highest BCUT2D eigenvalue weighted by atomic mass is 32.1. The third-order valence-electron chi connectivity index (χ3n) is 7.49. The second-order valence-corrected chi connectivity index (χ2v) is 10.1. The summed E-state index contributed by atoms with van der Waals surface area (Å²) in [5, 5.41) is 17.1. The van der Waals surface area contributed by atoms with Crippen LogP contribution in [0.5, 0.6) is 11.5 Å². The van der Waals surface area contributed by atoms with Crippen LogP contribution in [-0.2, 0) is 10.2 Å². The van der Waals surface area contributed by atoms with E-state index in [9.17, 15) is 4.79 Å². The number of nitrogens with one attached hydrogen (secondary N) is 3. The van der Waals surface area contributed by atoms with E-state index < -0.39 is 5.41 Å². The van der Waals surface area contributed by atoms with Crippen LogP contribution in [0.25, 0.3) is 22.2 Å². The first kappa shape index (κ1) is 21.9. The van der Waals surface area contributed by atoms with E-state index in [4.69, 9.17) is 9.47 Å². The molecule has 0 saturated heterocycles. The monoisotopic (exact) mass is 509 g/mol. The second-order valence-electron chi connectivity index (χ2n) is 9.38. The molecular weight excluding hydrogens is 486 g/mol. The number of rotatable bonds is 6. The van der Waals surface area contributed by atoms with E-state index in [1.165, 1.54) is 0 Å². The summed E-state index contributed by atoms with van der Waals surface area (Å²) in [6, 6.07) is 18.0. The van der Waals surface area contributed by atoms with E-state index in [2.05, 4.69) is 44.0 Å². The Morgan fingerprint density at radius 1 is 1.08 bits per heavy atom. The van der Waals surface area contributed by atoms with Gasteiger partial charge in [-0.3, -0.25) is 9.89 Å². The molecule has 1 aliphatic heterocycles. The first-order valence-corrected chi connectivity index (χ1v) is 12.9. The zero-order valence-electron chi connectivity index (χ0n) is 20.2. The minimum absolute atomic E-state index is 0.0555. The van der Waals surface area contributed by atoms with Crippen LogP contribution in [0.4, 0.5) is 17.2 Å². The van der Waals surface area contributed by atoms with Gasteiger partial charge >= 0.3 is 0 Å². The maximum absolute atomic E-state index is 13.0. The van der Waals surface area contributed by atoms with Crippen molar-refractivity contribution in [3.05, 3.63) is 76.6 Å². The molecule has 0 radical (unpaired) electrons. The Kier molecular flexibility index (Phi) is 4.77. The van der Waals surface area contributed by atoms with Gasteiger partial charge in [-0.25, -0.2) is 4.98 Å². The predicted octanol–water partition coefficient (Wildman–Crippen LogP) is 5.82. The number of carbonyl (C=O) groups excluding carboxylic acids is 1. The molecule has 7 rings (SSSR count). The van der Waals surface area contributed by atoms with Crippen molar-refractivity contribution in [1.29, 1.82) is 0 Å². The van der Waals surface area contributed by atoms with Gasteiger partial charge in [-0.2, -0.15) is 5.10 Å². The average molecular weight is 510 g/mol. The number of hydrogen-bond acceptors (Lipinski definition) is 7. The van der Waals surface area contributed by atoms with Gasteiger partial charge < -0.3 is 20.1 Å². The number of fused-ring (bicyclic) bond motifs is 3. The van der Waals surface area contributed by atoms with Gasteiger partial charge in [0.1, 0.15) is 11.5 Å². The zero-order chi connectivity index (χ0) is 25.1. The van der Waals surface area contributed by atoms with E-state index in [-0.39, 0.29) is 11.8 Å². The van der Waals surface area contributed by atoms with Crippen molar-refractivity contribution in [1.82, 2.24) is 15.2 Å². The average Bonchev–Trinajstić information content (AvgIpc) is 3.20. The molecule has 5 aromatic rings. The molecule has 3 N–H and O–H groups in total. The quantitative estimate of drug-likeness (QED) is 0.266. The number of aromatic nitrogens is 3. The lowest BCUT2D eigenvalue weighted by Gasteiger charge is -2.12. The molecule has 2 aliphatic rings. The first-order valence-electron chi connectivity index (χ1n) is 11.9. The van der Waals surface area contributed by atoms with E-state index >= 15 is 0 Å². The number of ether oxygens (including phenoxy) is 2. The molecule has 0 bridgehead atoms. The number of H-pyrrole nitrogens is 1. The van der Waals surface area contributed by atoms with Crippen molar-refractivity contribution < 1.29 is 14.3 Å². The highest BCUT2D eigenvalue weighted by Gasteiger charge is 2.65. The van der Waals surface area contributed by atoms with Gasteiger partial charge in [0.15, 0.2) is 5.82 Å². The second kappa shape index (κ2) is 8.07. The molecule has 2 atom stereocenters. The summed E-state index contributed by atoms with van der Waals surface area (Å²) in [7, 11) is 3.29. The third kappa shape index (κ3) is 3.31. The van der Waals surface area contributed by atoms with Crippen LogP contribution in [0.3, 0.4) is 0 Å².